The van der Waals surface area contributed by atoms with Gasteiger partial charge in [-0.2, -0.15) is 5.26 Å². The molecule has 2 N–H and O–H groups in total. The molecular formula is C47H54N6O11. The van der Waals surface area contributed by atoms with Crippen LogP contribution in [0.3, 0.4) is 0 Å². The van der Waals surface area contributed by atoms with Crippen LogP contribution in [0.1, 0.15) is 66.5 Å². The van der Waals surface area contributed by atoms with Gasteiger partial charge < -0.3 is 44.1 Å². The molecule has 0 bridgehead atoms. The van der Waals surface area contributed by atoms with Gasteiger partial charge in [-0.05, 0) is 93.9 Å². The molecule has 4 aromatic rings. The first kappa shape index (κ1) is 48.0. The Kier molecular flexibility index (Phi) is 16.0. The normalized spacial score (nSPS) is 15.3. The number of esters is 1. The fraction of sp³-hybridized carbons (Fsp3) is 0.383. The van der Waals surface area contributed by atoms with Crippen molar-refractivity contribution in [2.75, 3.05) is 64.0 Å². The molecule has 3 atom stereocenters. The molecule has 17 nitrogen and oxygen atoms in total. The average molecular weight is 879 g/mol. The van der Waals surface area contributed by atoms with Gasteiger partial charge in [-0.25, -0.2) is 9.59 Å². The summed E-state index contributed by atoms with van der Waals surface area (Å²) >= 11 is 0. The predicted octanol–water partition coefficient (Wildman–Crippen LogP) is 4.98. The van der Waals surface area contributed by atoms with Gasteiger partial charge in [0.1, 0.15) is 30.0 Å². The van der Waals surface area contributed by atoms with Crippen LogP contribution in [0.2, 0.25) is 0 Å². The molecule has 0 aromatic heterocycles. The van der Waals surface area contributed by atoms with Crippen molar-refractivity contribution in [1.82, 2.24) is 15.5 Å². The Morgan fingerprint density at radius 3 is 2.25 bits per heavy atom. The number of hydrogen-bond donors (Lipinski definition) is 2. The summed E-state index contributed by atoms with van der Waals surface area (Å²) in [5.74, 6) is -2.28. The van der Waals surface area contributed by atoms with Crippen molar-refractivity contribution in [3.05, 3.63) is 101 Å². The number of carbonyl (C=O) groups excluding carboxylic acids is 6. The van der Waals surface area contributed by atoms with Crippen molar-refractivity contribution in [1.29, 1.82) is 5.26 Å². The van der Waals surface area contributed by atoms with E-state index in [1.165, 1.54) is 68.3 Å². The van der Waals surface area contributed by atoms with Gasteiger partial charge in [-0.15, -0.1) is 0 Å². The molecule has 0 fully saturated rings. The molecule has 1 aliphatic rings. The first-order chi connectivity index (χ1) is 30.5. The number of carbonyl (C=O) groups is 6. The molecule has 1 heterocycles. The second-order valence-corrected chi connectivity index (χ2v) is 16.0. The van der Waals surface area contributed by atoms with E-state index in [-0.39, 0.29) is 67.6 Å². The molecule has 5 amide bonds. The van der Waals surface area contributed by atoms with E-state index in [0.717, 1.165) is 15.7 Å². The minimum atomic E-state index is -1.39. The Balaban J connectivity index is 1.49. The SMILES string of the molecule is COC(=O)COCCOCCNC(=O)c1ccc(C(=O)N2c3cc(C#N)ccc3N(Cc3c(OC)ccc4ccccc34)C(=O)[C@@H](NC(=O)C(C)N(C)C(=O)OC(C)(C)C)[C@@H]2C)cc1. The van der Waals surface area contributed by atoms with Gasteiger partial charge in [0.25, 0.3) is 17.7 Å². The van der Waals surface area contributed by atoms with E-state index in [9.17, 15) is 29.2 Å². The molecule has 0 saturated heterocycles. The van der Waals surface area contributed by atoms with Crippen LogP contribution < -0.4 is 25.2 Å². The fourth-order valence-corrected chi connectivity index (χ4v) is 6.96. The lowest BCUT2D eigenvalue weighted by molar-refractivity contribution is -0.146. The standard InChI is InChI=1S/C47H54N6O11/c1-29-41(50-42(55)30(2)51(6)46(59)64-47(3,4)5)45(58)52(27-36-35-12-10-9-11-32(35)18-20-39(36)60-7)37-19-13-31(26-48)25-38(37)53(29)44(57)34-16-14-33(15-17-34)43(56)49-21-22-62-23-24-63-28-40(54)61-8/h9-20,25,29-30,41H,21-24,27-28H2,1-8H3,(H,49,56)(H,50,55)/t29-,30?,41-/m0/s1. The number of nitriles is 1. The lowest BCUT2D eigenvalue weighted by Crippen LogP contribution is -2.60. The summed E-state index contributed by atoms with van der Waals surface area (Å²) in [7, 11) is 4.20. The van der Waals surface area contributed by atoms with Crippen molar-refractivity contribution in [2.24, 2.45) is 0 Å². The van der Waals surface area contributed by atoms with Gasteiger partial charge in [-0.3, -0.25) is 24.1 Å². The Labute approximate surface area is 372 Å². The minimum Gasteiger partial charge on any atom is -0.496 e. The monoisotopic (exact) mass is 878 g/mol. The number of anilines is 2. The number of rotatable bonds is 16. The number of benzene rings is 4. The van der Waals surface area contributed by atoms with Crippen molar-refractivity contribution < 1.29 is 52.5 Å². The highest BCUT2D eigenvalue weighted by atomic mass is 16.6. The lowest BCUT2D eigenvalue weighted by atomic mass is 10.0. The number of fused-ring (bicyclic) bond motifs is 2. The zero-order chi connectivity index (χ0) is 46.7. The largest absolute Gasteiger partial charge is 0.496 e. The average Bonchev–Trinajstić information content (AvgIpc) is 3.36. The first-order valence-corrected chi connectivity index (χ1v) is 20.6. The predicted molar refractivity (Wildman–Crippen MR) is 237 cm³/mol. The summed E-state index contributed by atoms with van der Waals surface area (Å²) in [6.45, 7) is 8.68. The molecule has 0 spiro atoms. The molecule has 338 valence electrons. The quantitative estimate of drug-likeness (QED) is 0.113. The van der Waals surface area contributed by atoms with E-state index < -0.39 is 59.4 Å². The van der Waals surface area contributed by atoms with Crippen molar-refractivity contribution in [2.45, 2.75) is 64.9 Å². The molecule has 64 heavy (non-hydrogen) atoms. The van der Waals surface area contributed by atoms with E-state index >= 15 is 4.79 Å². The second kappa shape index (κ2) is 21.4. The summed E-state index contributed by atoms with van der Waals surface area (Å²) < 4.78 is 26.4. The minimum absolute atomic E-state index is 0.0607. The highest BCUT2D eigenvalue weighted by Gasteiger charge is 2.44. The van der Waals surface area contributed by atoms with Gasteiger partial charge in [0.05, 0.1) is 69.6 Å². The van der Waals surface area contributed by atoms with Crippen LogP contribution in [-0.2, 0) is 39.9 Å². The van der Waals surface area contributed by atoms with E-state index in [1.54, 1.807) is 45.9 Å². The summed E-state index contributed by atoms with van der Waals surface area (Å²) in [5, 5.41) is 17.4. The number of ether oxygens (including phenoxy) is 5. The van der Waals surface area contributed by atoms with E-state index in [0.29, 0.717) is 11.3 Å². The number of methoxy groups -OCH3 is 2. The molecule has 1 unspecified atom stereocenters. The molecule has 1 aliphatic heterocycles. The van der Waals surface area contributed by atoms with Crippen LogP contribution >= 0.6 is 0 Å². The zero-order valence-electron chi connectivity index (χ0n) is 37.3. The Bertz CT molecular complexity index is 2410. The van der Waals surface area contributed by atoms with Gasteiger partial charge in [0, 0.05) is 30.3 Å². The molecule has 0 aliphatic carbocycles. The summed E-state index contributed by atoms with van der Waals surface area (Å²) in [6, 6.07) is 20.4. The number of nitrogens with one attached hydrogen (secondary N) is 2. The molecule has 0 radical (unpaired) electrons. The molecule has 5 rings (SSSR count). The number of hydrogen-bond acceptors (Lipinski definition) is 12. The molecule has 4 aromatic carbocycles. The third kappa shape index (κ3) is 11.5. The van der Waals surface area contributed by atoms with E-state index in [2.05, 4.69) is 21.4 Å². The summed E-state index contributed by atoms with van der Waals surface area (Å²) in [6.07, 6.45) is -0.752. The highest BCUT2D eigenvalue weighted by molar-refractivity contribution is 6.14. The number of amides is 5. The van der Waals surface area contributed by atoms with E-state index in [1.807, 2.05) is 30.3 Å². The fourth-order valence-electron chi connectivity index (χ4n) is 6.96. The number of likely N-dealkylation sites (N-methyl/N-ethyl adjacent to an activating group) is 1. The topological polar surface area (TPSA) is 206 Å². The smallest absolute Gasteiger partial charge is 0.410 e. The van der Waals surface area contributed by atoms with Crippen LogP contribution in [0.4, 0.5) is 16.2 Å². The van der Waals surface area contributed by atoms with Gasteiger partial charge in [0.2, 0.25) is 5.91 Å². The van der Waals surface area contributed by atoms with Crippen LogP contribution in [0.15, 0.2) is 78.9 Å². The summed E-state index contributed by atoms with van der Waals surface area (Å²) in [5.41, 5.74) is 0.927. The maximum absolute atomic E-state index is 15.2. The lowest BCUT2D eigenvalue weighted by Gasteiger charge is -2.34. The van der Waals surface area contributed by atoms with Gasteiger partial charge in [-0.1, -0.05) is 30.3 Å². The van der Waals surface area contributed by atoms with Crippen molar-refractivity contribution in [3.63, 3.8) is 0 Å². The van der Waals surface area contributed by atoms with Crippen LogP contribution in [0.25, 0.3) is 10.8 Å². The van der Waals surface area contributed by atoms with Crippen molar-refractivity contribution in [3.8, 4) is 11.8 Å². The van der Waals surface area contributed by atoms with Crippen LogP contribution in [0, 0.1) is 11.3 Å². The third-order valence-electron chi connectivity index (χ3n) is 10.5. The van der Waals surface area contributed by atoms with E-state index in [4.69, 9.17) is 18.9 Å². The van der Waals surface area contributed by atoms with Crippen molar-refractivity contribution >= 4 is 57.8 Å². The van der Waals surface area contributed by atoms with Gasteiger partial charge in [0.15, 0.2) is 0 Å². The Hall–Kier alpha value is -7.03. The maximum atomic E-state index is 15.2. The maximum Gasteiger partial charge on any atom is 0.410 e. The second-order valence-electron chi connectivity index (χ2n) is 16.0. The van der Waals surface area contributed by atoms with Crippen LogP contribution in [0.5, 0.6) is 5.75 Å². The Morgan fingerprint density at radius 2 is 1.58 bits per heavy atom. The molecule has 0 saturated carbocycles. The summed E-state index contributed by atoms with van der Waals surface area (Å²) in [4.78, 5) is 85.3. The molecular weight excluding hydrogens is 825 g/mol. The Morgan fingerprint density at radius 1 is 0.891 bits per heavy atom. The number of nitrogens with zero attached hydrogens (tertiary/aromatic N) is 4. The third-order valence-corrected chi connectivity index (χ3v) is 10.5. The first-order valence-electron chi connectivity index (χ1n) is 20.6. The highest BCUT2D eigenvalue weighted by Crippen LogP contribution is 2.40. The molecule has 17 heteroatoms. The van der Waals surface area contributed by atoms with Gasteiger partial charge >= 0.3 is 12.1 Å². The van der Waals surface area contributed by atoms with Crippen LogP contribution in [-0.4, -0.2) is 119 Å². The zero-order valence-corrected chi connectivity index (χ0v) is 37.3.